The molecule has 11 nitrogen and oxygen atoms in total. The monoisotopic (exact) mass is 610 g/mol. The Balaban J connectivity index is 0.986. The maximum Gasteiger partial charge on any atom is 0.410 e. The van der Waals surface area contributed by atoms with E-state index in [1.807, 2.05) is 80.3 Å². The number of para-hydroxylation sites is 1. The third kappa shape index (κ3) is 6.19. The second kappa shape index (κ2) is 11.9. The van der Waals surface area contributed by atoms with Gasteiger partial charge in [-0.3, -0.25) is 9.80 Å². The fraction of sp³-hybridized carbons (Fsp3) is 0.471. The van der Waals surface area contributed by atoms with Crippen molar-refractivity contribution in [3.63, 3.8) is 0 Å². The van der Waals surface area contributed by atoms with E-state index in [0.717, 1.165) is 92.3 Å². The van der Waals surface area contributed by atoms with Gasteiger partial charge in [0.25, 0.3) is 0 Å². The molecule has 45 heavy (non-hydrogen) atoms. The van der Waals surface area contributed by atoms with E-state index in [-0.39, 0.29) is 12.1 Å². The van der Waals surface area contributed by atoms with Gasteiger partial charge >= 0.3 is 6.09 Å². The van der Waals surface area contributed by atoms with Gasteiger partial charge in [0, 0.05) is 56.9 Å². The maximum absolute atomic E-state index is 12.4. The third-order valence-corrected chi connectivity index (χ3v) is 9.21. The zero-order valence-corrected chi connectivity index (χ0v) is 26.3. The number of nitrogens with zero attached hydrogens (tertiary/aromatic N) is 7. The quantitative estimate of drug-likeness (QED) is 0.315. The van der Waals surface area contributed by atoms with Crippen LogP contribution in [-0.4, -0.2) is 97.5 Å². The molecule has 0 aliphatic carbocycles. The minimum Gasteiger partial charge on any atom is -0.457 e. The van der Waals surface area contributed by atoms with Crippen LogP contribution in [0, 0.1) is 0 Å². The molecule has 1 unspecified atom stereocenters. The summed E-state index contributed by atoms with van der Waals surface area (Å²) in [7, 11) is 0. The number of hydrogen-bond donors (Lipinski definition) is 1. The number of rotatable bonds is 6. The molecule has 11 heteroatoms. The Morgan fingerprint density at radius 2 is 1.49 bits per heavy atom. The zero-order chi connectivity index (χ0) is 31.1. The molecule has 2 aromatic heterocycles. The van der Waals surface area contributed by atoms with Crippen molar-refractivity contribution in [1.29, 1.82) is 0 Å². The summed E-state index contributed by atoms with van der Waals surface area (Å²) >= 11 is 0. The number of aromatic nitrogens is 4. The number of benzene rings is 2. The van der Waals surface area contributed by atoms with Crippen LogP contribution < -0.4 is 10.5 Å². The lowest BCUT2D eigenvalue weighted by atomic mass is 10.0. The molecule has 1 amide bonds. The van der Waals surface area contributed by atoms with Crippen LogP contribution in [0.1, 0.15) is 46.1 Å². The van der Waals surface area contributed by atoms with E-state index in [2.05, 4.69) is 24.4 Å². The van der Waals surface area contributed by atoms with Gasteiger partial charge in [-0.25, -0.2) is 19.4 Å². The summed E-state index contributed by atoms with van der Waals surface area (Å²) in [6, 6.07) is 18.9. The smallest absolute Gasteiger partial charge is 0.410 e. The lowest BCUT2D eigenvalue weighted by Crippen LogP contribution is -2.61. The van der Waals surface area contributed by atoms with Crippen molar-refractivity contribution < 1.29 is 14.3 Å². The predicted molar refractivity (Wildman–Crippen MR) is 173 cm³/mol. The van der Waals surface area contributed by atoms with Crippen molar-refractivity contribution in [2.75, 3.05) is 45.0 Å². The molecule has 2 N–H and O–H groups in total. The highest BCUT2D eigenvalue weighted by molar-refractivity contribution is 5.98. The van der Waals surface area contributed by atoms with Crippen LogP contribution in [0.15, 0.2) is 60.9 Å². The molecule has 0 radical (unpaired) electrons. The van der Waals surface area contributed by atoms with Crippen LogP contribution in [0.5, 0.6) is 11.5 Å². The first-order valence-corrected chi connectivity index (χ1v) is 16.0. The average Bonchev–Trinajstić information content (AvgIpc) is 3.63. The normalized spacial score (nSPS) is 20.4. The molecular weight excluding hydrogens is 568 g/mol. The summed E-state index contributed by atoms with van der Waals surface area (Å²) in [5.41, 5.74) is 8.48. The number of fused-ring (bicyclic) bond motifs is 1. The van der Waals surface area contributed by atoms with Gasteiger partial charge in [0.1, 0.15) is 34.9 Å². The summed E-state index contributed by atoms with van der Waals surface area (Å²) in [5.74, 6) is 1.99. The number of nitrogen functional groups attached to an aromatic ring is 1. The Bertz CT molecular complexity index is 1640. The van der Waals surface area contributed by atoms with Crippen molar-refractivity contribution in [2.45, 2.75) is 63.8 Å². The Morgan fingerprint density at radius 3 is 2.20 bits per heavy atom. The molecule has 0 spiro atoms. The number of likely N-dealkylation sites (tertiary alicyclic amines) is 3. The highest BCUT2D eigenvalue weighted by Crippen LogP contribution is 2.36. The molecule has 3 aliphatic heterocycles. The van der Waals surface area contributed by atoms with E-state index in [9.17, 15) is 4.79 Å². The summed E-state index contributed by atoms with van der Waals surface area (Å²) in [6.07, 6.45) is 4.48. The first-order valence-electron chi connectivity index (χ1n) is 16.0. The molecule has 0 saturated carbocycles. The van der Waals surface area contributed by atoms with Crippen molar-refractivity contribution in [3.05, 3.63) is 60.9 Å². The largest absolute Gasteiger partial charge is 0.457 e. The SMILES string of the molecule is CC(C)(C)OC(=O)N1CC(N2CCC(N3CCC(n4nc(-c5ccc(Oc6ccccc6)cc5)c5c(N)ncnc54)CC3)C2)C1. The lowest BCUT2D eigenvalue weighted by molar-refractivity contribution is -0.0126. The molecule has 1 atom stereocenters. The molecule has 5 heterocycles. The van der Waals surface area contributed by atoms with Gasteiger partial charge in [-0.05, 0) is 76.4 Å². The van der Waals surface area contributed by atoms with E-state index in [0.29, 0.717) is 17.9 Å². The molecule has 0 bridgehead atoms. The van der Waals surface area contributed by atoms with Crippen LogP contribution in [-0.2, 0) is 4.74 Å². The first kappa shape index (κ1) is 29.5. The Hall–Kier alpha value is -4.22. The number of carbonyl (C=O) groups excluding carboxylic acids is 1. The van der Waals surface area contributed by atoms with Gasteiger partial charge in [0.2, 0.25) is 0 Å². The van der Waals surface area contributed by atoms with E-state index in [1.54, 1.807) is 0 Å². The summed E-state index contributed by atoms with van der Waals surface area (Å²) < 4.78 is 13.6. The number of carbonyl (C=O) groups is 1. The first-order chi connectivity index (χ1) is 21.7. The third-order valence-electron chi connectivity index (χ3n) is 9.21. The van der Waals surface area contributed by atoms with E-state index >= 15 is 0 Å². The number of hydrogen-bond acceptors (Lipinski definition) is 9. The van der Waals surface area contributed by atoms with Crippen molar-refractivity contribution in [3.8, 4) is 22.8 Å². The fourth-order valence-corrected chi connectivity index (χ4v) is 6.81. The van der Waals surface area contributed by atoms with Crippen molar-refractivity contribution in [1.82, 2.24) is 34.4 Å². The Morgan fingerprint density at radius 1 is 0.822 bits per heavy atom. The summed E-state index contributed by atoms with van der Waals surface area (Å²) in [4.78, 5) is 28.3. The number of nitrogens with two attached hydrogens (primary N) is 1. The van der Waals surface area contributed by atoms with Crippen LogP contribution in [0.25, 0.3) is 22.3 Å². The van der Waals surface area contributed by atoms with Gasteiger partial charge in [0.05, 0.1) is 11.4 Å². The van der Waals surface area contributed by atoms with Gasteiger partial charge in [-0.2, -0.15) is 5.10 Å². The van der Waals surface area contributed by atoms with E-state index in [4.69, 9.17) is 20.3 Å². The van der Waals surface area contributed by atoms with Crippen LogP contribution in [0.3, 0.4) is 0 Å². The van der Waals surface area contributed by atoms with Crippen molar-refractivity contribution >= 4 is 22.9 Å². The van der Waals surface area contributed by atoms with Gasteiger partial charge in [-0.15, -0.1) is 0 Å². The topological polar surface area (TPSA) is 115 Å². The standard InChI is InChI=1S/C34H42N8O3/c1-34(2,3)45-33(43)41-20-26(21-41)40-18-15-25(19-40)39-16-13-24(14-17-39)42-32-29(31(35)36-22-37-32)30(38-42)23-9-11-28(12-10-23)44-27-7-5-4-6-8-27/h4-12,22,24-26H,13-21H2,1-3H3,(H2,35,36,37). The number of ether oxygens (including phenoxy) is 2. The van der Waals surface area contributed by atoms with Gasteiger partial charge < -0.3 is 20.1 Å². The van der Waals surface area contributed by atoms with E-state index < -0.39 is 5.60 Å². The van der Waals surface area contributed by atoms with Gasteiger partial charge in [-0.1, -0.05) is 18.2 Å². The number of anilines is 1. The second-order valence-electron chi connectivity index (χ2n) is 13.4. The van der Waals surface area contributed by atoms with Crippen LogP contribution >= 0.6 is 0 Å². The van der Waals surface area contributed by atoms with E-state index in [1.165, 1.54) is 6.33 Å². The highest BCUT2D eigenvalue weighted by Gasteiger charge is 2.41. The highest BCUT2D eigenvalue weighted by atomic mass is 16.6. The van der Waals surface area contributed by atoms with Gasteiger partial charge in [0.15, 0.2) is 5.65 Å². The Kier molecular flexibility index (Phi) is 7.83. The molecule has 3 fully saturated rings. The molecular formula is C34H42N8O3. The molecule has 2 aromatic carbocycles. The summed E-state index contributed by atoms with van der Waals surface area (Å²) in [6.45, 7) is 11.4. The second-order valence-corrected chi connectivity index (χ2v) is 13.4. The molecule has 236 valence electrons. The summed E-state index contributed by atoms with van der Waals surface area (Å²) in [5, 5.41) is 5.90. The average molecular weight is 611 g/mol. The molecule has 3 saturated heterocycles. The number of amides is 1. The maximum atomic E-state index is 12.4. The molecule has 4 aromatic rings. The van der Waals surface area contributed by atoms with Crippen LogP contribution in [0.4, 0.5) is 10.6 Å². The molecule has 7 rings (SSSR count). The lowest BCUT2D eigenvalue weighted by Gasteiger charge is -2.44. The predicted octanol–water partition coefficient (Wildman–Crippen LogP) is 5.20. The van der Waals surface area contributed by atoms with Crippen molar-refractivity contribution in [2.24, 2.45) is 0 Å². The number of piperidine rings is 1. The minimum absolute atomic E-state index is 0.202. The minimum atomic E-state index is -0.458. The van der Waals surface area contributed by atoms with Crippen LogP contribution in [0.2, 0.25) is 0 Å². The molecule has 3 aliphatic rings. The Labute approximate surface area is 263 Å². The fourth-order valence-electron chi connectivity index (χ4n) is 6.81. The zero-order valence-electron chi connectivity index (χ0n) is 26.3.